The number of rotatable bonds is 3. The van der Waals surface area contributed by atoms with E-state index in [0.29, 0.717) is 38.2 Å². The van der Waals surface area contributed by atoms with Crippen molar-refractivity contribution in [1.29, 1.82) is 0 Å². The van der Waals surface area contributed by atoms with Crippen molar-refractivity contribution in [2.45, 2.75) is 36.9 Å². The van der Waals surface area contributed by atoms with E-state index in [4.69, 9.17) is 0 Å². The first-order chi connectivity index (χ1) is 13.0. The smallest absolute Gasteiger partial charge is 0.233 e. The second-order valence-electron chi connectivity index (χ2n) is 7.08. The summed E-state index contributed by atoms with van der Waals surface area (Å²) in [5.41, 5.74) is 1.70. The largest absolute Gasteiger partial charge is 0.348 e. The molecule has 2 aromatic heterocycles. The van der Waals surface area contributed by atoms with Crippen LogP contribution in [0.15, 0.2) is 17.8 Å². The van der Waals surface area contributed by atoms with Gasteiger partial charge in [0.15, 0.2) is 5.16 Å². The predicted octanol–water partition coefficient (Wildman–Crippen LogP) is 0.553. The van der Waals surface area contributed by atoms with Crippen molar-refractivity contribution in [3.8, 4) is 0 Å². The first kappa shape index (κ1) is 18.0. The molecule has 4 heterocycles. The Morgan fingerprint density at radius 2 is 2.07 bits per heavy atom. The number of nitrogens with one attached hydrogen (secondary N) is 1. The Balaban J connectivity index is 1.45. The molecule has 1 fully saturated rings. The van der Waals surface area contributed by atoms with Crippen molar-refractivity contribution in [3.05, 3.63) is 24.0 Å². The Morgan fingerprint density at radius 1 is 1.30 bits per heavy atom. The molecule has 0 radical (unpaired) electrons. The average molecular weight is 389 g/mol. The number of hydrogen-bond donors (Lipinski definition) is 1. The molecule has 10 heteroatoms. The van der Waals surface area contributed by atoms with Gasteiger partial charge in [-0.2, -0.15) is 0 Å². The molecular weight excluding hydrogens is 366 g/mol. The minimum absolute atomic E-state index is 0.0706. The van der Waals surface area contributed by atoms with E-state index in [0.717, 1.165) is 23.0 Å². The maximum Gasteiger partial charge on any atom is 0.233 e. The Labute approximate surface area is 161 Å². The van der Waals surface area contributed by atoms with Gasteiger partial charge in [-0.05, 0) is 12.8 Å². The molecular formula is C17H23N7O2S. The molecule has 2 aliphatic rings. The van der Waals surface area contributed by atoms with Crippen LogP contribution in [0.1, 0.15) is 31.2 Å². The summed E-state index contributed by atoms with van der Waals surface area (Å²) in [7, 11) is 1.86. The number of piperidine rings is 1. The summed E-state index contributed by atoms with van der Waals surface area (Å²) in [5.74, 6) is 0.496. The molecule has 1 saturated heterocycles. The van der Waals surface area contributed by atoms with Crippen molar-refractivity contribution < 1.29 is 9.59 Å². The SMILES string of the molecule is CC(=O)N1CCc2[nH]cnc2C12CCN(C(=O)CSc1nncn1C)CC2. The van der Waals surface area contributed by atoms with Crippen LogP contribution >= 0.6 is 11.8 Å². The van der Waals surface area contributed by atoms with Crippen LogP contribution < -0.4 is 0 Å². The van der Waals surface area contributed by atoms with E-state index in [9.17, 15) is 9.59 Å². The summed E-state index contributed by atoms with van der Waals surface area (Å²) < 4.78 is 1.80. The van der Waals surface area contributed by atoms with Crippen molar-refractivity contribution in [3.63, 3.8) is 0 Å². The van der Waals surface area contributed by atoms with Crippen LogP contribution in [0.25, 0.3) is 0 Å². The van der Waals surface area contributed by atoms with Crippen LogP contribution in [0, 0.1) is 0 Å². The second kappa shape index (κ2) is 6.99. The second-order valence-corrected chi connectivity index (χ2v) is 8.02. The van der Waals surface area contributed by atoms with Gasteiger partial charge in [0.25, 0.3) is 0 Å². The molecule has 0 atom stereocenters. The van der Waals surface area contributed by atoms with Gasteiger partial charge in [0.2, 0.25) is 11.8 Å². The van der Waals surface area contributed by atoms with Gasteiger partial charge in [-0.25, -0.2) is 4.98 Å². The summed E-state index contributed by atoms with van der Waals surface area (Å²) >= 11 is 1.39. The van der Waals surface area contributed by atoms with Crippen molar-refractivity contribution in [2.75, 3.05) is 25.4 Å². The summed E-state index contributed by atoms with van der Waals surface area (Å²) in [6.45, 7) is 3.55. The third-order valence-electron chi connectivity index (χ3n) is 5.58. The zero-order valence-corrected chi connectivity index (χ0v) is 16.3. The molecule has 144 valence electrons. The zero-order chi connectivity index (χ0) is 19.0. The van der Waals surface area contributed by atoms with Gasteiger partial charge in [-0.3, -0.25) is 9.59 Å². The number of aryl methyl sites for hydroxylation is 1. The van der Waals surface area contributed by atoms with Crippen LogP contribution in [0.2, 0.25) is 0 Å². The van der Waals surface area contributed by atoms with Gasteiger partial charge in [-0.1, -0.05) is 11.8 Å². The quantitative estimate of drug-likeness (QED) is 0.770. The van der Waals surface area contributed by atoms with Crippen LogP contribution in [-0.2, 0) is 28.6 Å². The fourth-order valence-corrected chi connectivity index (χ4v) is 4.98. The van der Waals surface area contributed by atoms with Crippen LogP contribution in [0.5, 0.6) is 0 Å². The average Bonchev–Trinajstić information content (AvgIpc) is 3.30. The minimum Gasteiger partial charge on any atom is -0.348 e. The highest BCUT2D eigenvalue weighted by molar-refractivity contribution is 7.99. The molecule has 1 spiro atoms. The number of thioether (sulfide) groups is 1. The number of aromatic nitrogens is 5. The fraction of sp³-hybridized carbons (Fsp3) is 0.588. The zero-order valence-electron chi connectivity index (χ0n) is 15.5. The molecule has 27 heavy (non-hydrogen) atoms. The van der Waals surface area contributed by atoms with E-state index in [1.54, 1.807) is 24.1 Å². The van der Waals surface area contributed by atoms with E-state index in [2.05, 4.69) is 20.2 Å². The number of H-pyrrole nitrogens is 1. The number of aromatic amines is 1. The maximum absolute atomic E-state index is 12.6. The maximum atomic E-state index is 12.6. The molecule has 2 aliphatic heterocycles. The Kier molecular flexibility index (Phi) is 4.67. The molecule has 9 nitrogen and oxygen atoms in total. The van der Waals surface area contributed by atoms with Gasteiger partial charge < -0.3 is 19.4 Å². The number of carbonyl (C=O) groups is 2. The highest BCUT2D eigenvalue weighted by Gasteiger charge is 2.48. The molecule has 2 amide bonds. The lowest BCUT2D eigenvalue weighted by molar-refractivity contribution is -0.141. The van der Waals surface area contributed by atoms with Gasteiger partial charge in [0, 0.05) is 45.7 Å². The molecule has 0 unspecified atom stereocenters. The summed E-state index contributed by atoms with van der Waals surface area (Å²) in [5, 5.41) is 8.56. The van der Waals surface area contributed by atoms with E-state index in [1.165, 1.54) is 11.8 Å². The minimum atomic E-state index is -0.396. The Hall–Kier alpha value is -2.36. The summed E-state index contributed by atoms with van der Waals surface area (Å²) in [6.07, 6.45) is 5.56. The molecule has 0 aromatic carbocycles. The Bertz CT molecular complexity index is 853. The molecule has 1 N–H and O–H groups in total. The first-order valence-electron chi connectivity index (χ1n) is 9.07. The van der Waals surface area contributed by atoms with Crippen molar-refractivity contribution >= 4 is 23.6 Å². The normalized spacial score (nSPS) is 18.6. The summed E-state index contributed by atoms with van der Waals surface area (Å²) in [4.78, 5) is 36.5. The fourth-order valence-electron chi connectivity index (χ4n) is 4.19. The lowest BCUT2D eigenvalue weighted by Crippen LogP contribution is -2.58. The molecule has 2 aromatic rings. The number of imidazole rings is 1. The van der Waals surface area contributed by atoms with E-state index >= 15 is 0 Å². The van der Waals surface area contributed by atoms with Crippen LogP contribution in [0.3, 0.4) is 0 Å². The number of amides is 2. The highest BCUT2D eigenvalue weighted by Crippen LogP contribution is 2.42. The molecule has 0 saturated carbocycles. The standard InChI is InChI=1S/C17H23N7O2S/c1-12(25)24-6-3-13-15(19-10-18-13)17(24)4-7-23(8-5-17)14(26)9-27-16-21-20-11-22(16)2/h10-11H,3-9H2,1-2H3,(H,18,19). The van der Waals surface area contributed by atoms with Gasteiger partial charge in [0.1, 0.15) is 6.33 Å². The van der Waals surface area contributed by atoms with Gasteiger partial charge in [-0.15, -0.1) is 10.2 Å². The lowest BCUT2D eigenvalue weighted by Gasteiger charge is -2.50. The van der Waals surface area contributed by atoms with Gasteiger partial charge in [0.05, 0.1) is 23.3 Å². The predicted molar refractivity (Wildman–Crippen MR) is 98.9 cm³/mol. The number of fused-ring (bicyclic) bond motifs is 2. The first-order valence-corrected chi connectivity index (χ1v) is 10.1. The van der Waals surface area contributed by atoms with Crippen LogP contribution in [0.4, 0.5) is 0 Å². The molecule has 0 aliphatic carbocycles. The molecule has 0 bridgehead atoms. The summed E-state index contributed by atoms with van der Waals surface area (Å²) in [6, 6.07) is 0. The number of carbonyl (C=O) groups excluding carboxylic acids is 2. The number of likely N-dealkylation sites (tertiary alicyclic amines) is 1. The van der Waals surface area contributed by atoms with E-state index in [-0.39, 0.29) is 11.8 Å². The highest BCUT2D eigenvalue weighted by atomic mass is 32.2. The molecule has 4 rings (SSSR count). The van der Waals surface area contributed by atoms with Crippen molar-refractivity contribution in [1.82, 2.24) is 34.5 Å². The monoisotopic (exact) mass is 389 g/mol. The van der Waals surface area contributed by atoms with Gasteiger partial charge >= 0.3 is 0 Å². The number of nitrogens with zero attached hydrogens (tertiary/aromatic N) is 6. The van der Waals surface area contributed by atoms with E-state index in [1.807, 2.05) is 16.8 Å². The topological polar surface area (TPSA) is 100 Å². The van der Waals surface area contributed by atoms with Crippen LogP contribution in [-0.4, -0.2) is 71.7 Å². The Morgan fingerprint density at radius 3 is 2.74 bits per heavy atom. The third kappa shape index (κ3) is 3.11. The van der Waals surface area contributed by atoms with E-state index < -0.39 is 5.54 Å². The number of hydrogen-bond acceptors (Lipinski definition) is 6. The van der Waals surface area contributed by atoms with Crippen molar-refractivity contribution in [2.24, 2.45) is 7.05 Å². The third-order valence-corrected chi connectivity index (χ3v) is 6.60. The lowest BCUT2D eigenvalue weighted by atomic mass is 9.78.